The van der Waals surface area contributed by atoms with Crippen molar-refractivity contribution in [2.45, 2.75) is 23.8 Å². The van der Waals surface area contributed by atoms with Gasteiger partial charge in [0, 0.05) is 37.8 Å². The monoisotopic (exact) mass is 433 g/mol. The number of carbonyl (C=O) groups is 1. The third kappa shape index (κ3) is 4.27. The first-order valence-electron chi connectivity index (χ1n) is 9.88. The molecule has 1 N–H and O–H groups in total. The Labute approximate surface area is 175 Å². The smallest absolute Gasteiger partial charge is 0.254 e. The maximum absolute atomic E-state index is 14.0. The van der Waals surface area contributed by atoms with E-state index in [0.29, 0.717) is 31.9 Å². The Bertz CT molecular complexity index is 1050. The highest BCUT2D eigenvalue weighted by Gasteiger charge is 2.31. The van der Waals surface area contributed by atoms with E-state index in [0.717, 1.165) is 12.8 Å². The Morgan fingerprint density at radius 3 is 2.43 bits per heavy atom. The molecule has 9 heteroatoms. The number of para-hydroxylation sites is 1. The van der Waals surface area contributed by atoms with Gasteiger partial charge in [-0.15, -0.1) is 0 Å². The quantitative estimate of drug-likeness (QED) is 0.756. The molecular weight excluding hydrogens is 409 g/mol. The first-order valence-corrected chi connectivity index (χ1v) is 11.4. The Morgan fingerprint density at radius 2 is 1.80 bits per heavy atom. The molecule has 0 aromatic heterocycles. The van der Waals surface area contributed by atoms with Gasteiger partial charge in [-0.2, -0.15) is 0 Å². The average Bonchev–Trinajstić information content (AvgIpc) is 3.56. The van der Waals surface area contributed by atoms with Gasteiger partial charge in [0.05, 0.1) is 12.8 Å². The zero-order chi connectivity index (χ0) is 21.3. The second-order valence-electron chi connectivity index (χ2n) is 7.49. The number of methoxy groups -OCH3 is 1. The van der Waals surface area contributed by atoms with Crippen molar-refractivity contribution < 1.29 is 22.3 Å². The number of anilines is 1. The lowest BCUT2D eigenvalue weighted by Crippen LogP contribution is -2.49. The molecule has 1 aliphatic heterocycles. The fourth-order valence-corrected chi connectivity index (χ4v) is 5.04. The molecular formula is C21H24FN3O4S. The number of ether oxygens (including phenoxy) is 1. The van der Waals surface area contributed by atoms with E-state index in [1.165, 1.54) is 25.3 Å². The number of sulfonamides is 1. The summed E-state index contributed by atoms with van der Waals surface area (Å²) < 4.78 is 47.2. The van der Waals surface area contributed by atoms with Crippen molar-refractivity contribution >= 4 is 21.6 Å². The minimum absolute atomic E-state index is 0.0345. The van der Waals surface area contributed by atoms with Gasteiger partial charge < -0.3 is 14.5 Å². The number of piperazine rings is 1. The molecule has 1 saturated carbocycles. The maximum atomic E-state index is 14.0. The molecule has 2 aromatic carbocycles. The minimum Gasteiger partial charge on any atom is -0.495 e. The van der Waals surface area contributed by atoms with Crippen molar-refractivity contribution in [2.24, 2.45) is 0 Å². The standard InChI is InChI=1S/C21H24FN3O4S/c1-29-19-9-6-15(14-20(19)30(27,28)23-16-7-8-16)21(26)25-12-10-24(11-13-25)18-5-3-2-4-17(18)22/h2-6,9,14,16,23H,7-8,10-13H2,1H3. The molecule has 2 aromatic rings. The normalized spacial score (nSPS) is 17.1. The zero-order valence-electron chi connectivity index (χ0n) is 16.7. The van der Waals surface area contributed by atoms with Crippen LogP contribution in [-0.2, 0) is 10.0 Å². The zero-order valence-corrected chi connectivity index (χ0v) is 17.5. The van der Waals surface area contributed by atoms with E-state index in [1.807, 2.05) is 4.90 Å². The lowest BCUT2D eigenvalue weighted by atomic mass is 10.1. The highest BCUT2D eigenvalue weighted by molar-refractivity contribution is 7.89. The van der Waals surface area contributed by atoms with Crippen LogP contribution in [-0.4, -0.2) is 58.6 Å². The van der Waals surface area contributed by atoms with Gasteiger partial charge >= 0.3 is 0 Å². The fraction of sp³-hybridized carbons (Fsp3) is 0.381. The van der Waals surface area contributed by atoms with Crippen LogP contribution in [0.5, 0.6) is 5.75 Å². The Balaban J connectivity index is 1.50. The molecule has 2 fully saturated rings. The van der Waals surface area contributed by atoms with Gasteiger partial charge in [-0.25, -0.2) is 17.5 Å². The van der Waals surface area contributed by atoms with E-state index in [9.17, 15) is 17.6 Å². The van der Waals surface area contributed by atoms with E-state index in [-0.39, 0.29) is 34.0 Å². The predicted molar refractivity (Wildman–Crippen MR) is 111 cm³/mol. The van der Waals surface area contributed by atoms with Crippen LogP contribution < -0.4 is 14.4 Å². The van der Waals surface area contributed by atoms with Crippen molar-refractivity contribution in [2.75, 3.05) is 38.2 Å². The van der Waals surface area contributed by atoms with E-state index in [4.69, 9.17) is 4.74 Å². The first-order chi connectivity index (χ1) is 14.4. The lowest BCUT2D eigenvalue weighted by molar-refractivity contribution is 0.0746. The van der Waals surface area contributed by atoms with Gasteiger partial charge in [0.2, 0.25) is 10.0 Å². The second-order valence-corrected chi connectivity index (χ2v) is 9.17. The van der Waals surface area contributed by atoms with Gasteiger partial charge in [0.15, 0.2) is 0 Å². The number of hydrogen-bond acceptors (Lipinski definition) is 5. The van der Waals surface area contributed by atoms with E-state index < -0.39 is 10.0 Å². The third-order valence-electron chi connectivity index (χ3n) is 5.36. The molecule has 30 heavy (non-hydrogen) atoms. The summed E-state index contributed by atoms with van der Waals surface area (Å²) in [6, 6.07) is 11.0. The number of hydrogen-bond donors (Lipinski definition) is 1. The van der Waals surface area contributed by atoms with Crippen LogP contribution in [0.15, 0.2) is 47.4 Å². The van der Waals surface area contributed by atoms with E-state index in [2.05, 4.69) is 4.72 Å². The Hall–Kier alpha value is -2.65. The minimum atomic E-state index is -3.77. The van der Waals surface area contributed by atoms with Crippen LogP contribution in [0.4, 0.5) is 10.1 Å². The molecule has 0 radical (unpaired) electrons. The molecule has 7 nitrogen and oxygen atoms in total. The number of nitrogens with one attached hydrogen (secondary N) is 1. The van der Waals surface area contributed by atoms with Crippen LogP contribution in [0.1, 0.15) is 23.2 Å². The molecule has 0 spiro atoms. The van der Waals surface area contributed by atoms with Crippen LogP contribution in [0, 0.1) is 5.82 Å². The van der Waals surface area contributed by atoms with Crippen molar-refractivity contribution in [3.05, 3.63) is 53.8 Å². The van der Waals surface area contributed by atoms with Crippen molar-refractivity contribution in [1.29, 1.82) is 0 Å². The second kappa shape index (κ2) is 8.23. The molecule has 160 valence electrons. The summed E-state index contributed by atoms with van der Waals surface area (Å²) >= 11 is 0. The summed E-state index contributed by atoms with van der Waals surface area (Å²) in [5, 5.41) is 0. The molecule has 1 heterocycles. The van der Waals surface area contributed by atoms with Gasteiger partial charge in [-0.1, -0.05) is 12.1 Å². The summed E-state index contributed by atoms with van der Waals surface area (Å²) in [7, 11) is -2.37. The summed E-state index contributed by atoms with van der Waals surface area (Å²) in [6.45, 7) is 1.83. The highest BCUT2D eigenvalue weighted by atomic mass is 32.2. The number of nitrogens with zero attached hydrogens (tertiary/aromatic N) is 2. The molecule has 0 unspecified atom stereocenters. The third-order valence-corrected chi connectivity index (χ3v) is 6.90. The van der Waals surface area contributed by atoms with E-state index in [1.54, 1.807) is 29.2 Å². The van der Waals surface area contributed by atoms with Crippen LogP contribution in [0.25, 0.3) is 0 Å². The van der Waals surface area contributed by atoms with Gasteiger partial charge in [-0.3, -0.25) is 4.79 Å². The van der Waals surface area contributed by atoms with Gasteiger partial charge in [0.25, 0.3) is 5.91 Å². The number of halogens is 1. The molecule has 4 rings (SSSR count). The van der Waals surface area contributed by atoms with Gasteiger partial charge in [-0.05, 0) is 43.2 Å². The van der Waals surface area contributed by atoms with Crippen LogP contribution in [0.3, 0.4) is 0 Å². The number of benzene rings is 2. The summed E-state index contributed by atoms with van der Waals surface area (Å²) in [4.78, 5) is 16.5. The van der Waals surface area contributed by atoms with Crippen molar-refractivity contribution in [1.82, 2.24) is 9.62 Å². The first kappa shape index (κ1) is 20.6. The van der Waals surface area contributed by atoms with Crippen molar-refractivity contribution in [3.8, 4) is 5.75 Å². The molecule has 2 aliphatic rings. The molecule has 1 amide bonds. The predicted octanol–water partition coefficient (Wildman–Crippen LogP) is 2.24. The summed E-state index contributed by atoms with van der Waals surface area (Å²) in [5.41, 5.74) is 0.805. The molecule has 1 aliphatic carbocycles. The van der Waals surface area contributed by atoms with Crippen LogP contribution in [0.2, 0.25) is 0 Å². The fourth-order valence-electron chi connectivity index (χ4n) is 3.55. The topological polar surface area (TPSA) is 79.0 Å². The van der Waals surface area contributed by atoms with Gasteiger partial charge in [0.1, 0.15) is 16.5 Å². The summed E-state index contributed by atoms with van der Waals surface area (Å²) in [5.74, 6) is -0.344. The van der Waals surface area contributed by atoms with Crippen molar-refractivity contribution in [3.63, 3.8) is 0 Å². The Morgan fingerprint density at radius 1 is 1.10 bits per heavy atom. The maximum Gasteiger partial charge on any atom is 0.254 e. The number of carbonyl (C=O) groups excluding carboxylic acids is 1. The molecule has 1 saturated heterocycles. The SMILES string of the molecule is COc1ccc(C(=O)N2CCN(c3ccccc3F)CC2)cc1S(=O)(=O)NC1CC1. The number of amides is 1. The lowest BCUT2D eigenvalue weighted by Gasteiger charge is -2.36. The summed E-state index contributed by atoms with van der Waals surface area (Å²) in [6.07, 6.45) is 1.62. The largest absolute Gasteiger partial charge is 0.495 e. The molecule has 0 atom stereocenters. The Kier molecular flexibility index (Phi) is 5.66. The van der Waals surface area contributed by atoms with Crippen LogP contribution >= 0.6 is 0 Å². The molecule has 0 bridgehead atoms. The highest BCUT2D eigenvalue weighted by Crippen LogP contribution is 2.29. The van der Waals surface area contributed by atoms with E-state index >= 15 is 0 Å². The average molecular weight is 434 g/mol. The number of rotatable bonds is 6.